The largest absolute Gasteiger partial charge is 0.382 e. The SMILES string of the molecule is CS(=O)(=O)c1c(C2CC3CC[C@H](C2)N3C(=O)c2nnc[nH]2)nc2c(-c3ccc(C4CCCCC4)nc3)cnn2c1N. The number of aromatic amines is 1. The maximum absolute atomic E-state index is 13.2. The van der Waals surface area contributed by atoms with Gasteiger partial charge in [-0.15, -0.1) is 10.2 Å². The number of nitrogens with one attached hydrogen (secondary N) is 1. The lowest BCUT2D eigenvalue weighted by Gasteiger charge is -2.38. The monoisotopic (exact) mass is 575 g/mol. The number of fused-ring (bicyclic) bond motifs is 3. The molecule has 1 saturated carbocycles. The molecule has 41 heavy (non-hydrogen) atoms. The molecule has 3 aliphatic rings. The van der Waals surface area contributed by atoms with E-state index in [1.807, 2.05) is 17.2 Å². The van der Waals surface area contributed by atoms with Crippen molar-refractivity contribution in [2.45, 2.75) is 86.6 Å². The molecule has 7 rings (SSSR count). The summed E-state index contributed by atoms with van der Waals surface area (Å²) in [5, 5.41) is 12.1. The zero-order valence-corrected chi connectivity index (χ0v) is 23.7. The highest BCUT2D eigenvalue weighted by molar-refractivity contribution is 7.91. The van der Waals surface area contributed by atoms with Crippen molar-refractivity contribution in [1.29, 1.82) is 0 Å². The fourth-order valence-corrected chi connectivity index (χ4v) is 8.31. The van der Waals surface area contributed by atoms with Crippen LogP contribution in [-0.4, -0.2) is 72.3 Å². The van der Waals surface area contributed by atoms with Gasteiger partial charge < -0.3 is 15.6 Å². The minimum atomic E-state index is -3.72. The molecule has 0 aromatic carbocycles. The number of piperidine rings is 1. The van der Waals surface area contributed by atoms with E-state index in [4.69, 9.17) is 15.7 Å². The van der Waals surface area contributed by atoms with Gasteiger partial charge in [-0.25, -0.2) is 13.4 Å². The molecular formula is C28H33N9O3S. The predicted molar refractivity (Wildman–Crippen MR) is 151 cm³/mol. The Morgan fingerprint density at radius 3 is 2.41 bits per heavy atom. The summed E-state index contributed by atoms with van der Waals surface area (Å²) in [6.45, 7) is 0. The number of sulfone groups is 1. The van der Waals surface area contributed by atoms with E-state index in [1.54, 1.807) is 6.20 Å². The van der Waals surface area contributed by atoms with E-state index in [9.17, 15) is 13.2 Å². The second-order valence-corrected chi connectivity index (χ2v) is 13.6. The molecule has 3 N–H and O–H groups in total. The molecule has 4 aromatic heterocycles. The number of hydrogen-bond donors (Lipinski definition) is 2. The van der Waals surface area contributed by atoms with Crippen LogP contribution in [0.5, 0.6) is 0 Å². The third-order valence-electron chi connectivity index (χ3n) is 9.13. The molecule has 4 aromatic rings. The Morgan fingerprint density at radius 1 is 1.02 bits per heavy atom. The second kappa shape index (κ2) is 9.89. The van der Waals surface area contributed by atoms with Crippen molar-refractivity contribution in [3.8, 4) is 11.1 Å². The lowest BCUT2D eigenvalue weighted by Crippen LogP contribution is -2.46. The van der Waals surface area contributed by atoms with Gasteiger partial charge in [-0.3, -0.25) is 9.78 Å². The molecule has 13 heteroatoms. The number of carbonyl (C=O) groups is 1. The molecule has 2 bridgehead atoms. The van der Waals surface area contributed by atoms with E-state index in [1.165, 1.54) is 42.9 Å². The first kappa shape index (κ1) is 26.1. The molecular weight excluding hydrogens is 542 g/mol. The molecule has 2 unspecified atom stereocenters. The van der Waals surface area contributed by atoms with Crippen molar-refractivity contribution in [3.05, 3.63) is 48.1 Å². The minimum absolute atomic E-state index is 0.0184. The van der Waals surface area contributed by atoms with Gasteiger partial charge in [0, 0.05) is 53.2 Å². The summed E-state index contributed by atoms with van der Waals surface area (Å²) >= 11 is 0. The third kappa shape index (κ3) is 4.46. The Balaban J connectivity index is 1.26. The van der Waals surface area contributed by atoms with E-state index in [0.29, 0.717) is 30.1 Å². The van der Waals surface area contributed by atoms with Crippen LogP contribution >= 0.6 is 0 Å². The van der Waals surface area contributed by atoms with Gasteiger partial charge in [0.1, 0.15) is 17.0 Å². The Kier molecular flexibility index (Phi) is 6.29. The molecule has 6 heterocycles. The summed E-state index contributed by atoms with van der Waals surface area (Å²) in [7, 11) is -3.72. The van der Waals surface area contributed by atoms with Crippen LogP contribution in [0.15, 0.2) is 35.7 Å². The van der Waals surface area contributed by atoms with Crippen LogP contribution in [0.3, 0.4) is 0 Å². The van der Waals surface area contributed by atoms with Crippen LogP contribution in [0.25, 0.3) is 16.8 Å². The van der Waals surface area contributed by atoms with Gasteiger partial charge in [0.25, 0.3) is 5.91 Å². The Bertz CT molecular complexity index is 1700. The minimum Gasteiger partial charge on any atom is -0.382 e. The topological polar surface area (TPSA) is 165 Å². The molecule has 2 aliphatic heterocycles. The number of rotatable bonds is 5. The zero-order chi connectivity index (χ0) is 28.3. The Morgan fingerprint density at radius 2 is 1.78 bits per heavy atom. The van der Waals surface area contributed by atoms with Crippen LogP contribution in [0, 0.1) is 0 Å². The van der Waals surface area contributed by atoms with Gasteiger partial charge in [0.05, 0.1) is 11.9 Å². The summed E-state index contributed by atoms with van der Waals surface area (Å²) in [6.07, 6.45) is 15.0. The maximum Gasteiger partial charge on any atom is 0.292 e. The zero-order valence-electron chi connectivity index (χ0n) is 22.9. The molecule has 12 nitrogen and oxygen atoms in total. The van der Waals surface area contributed by atoms with Crippen molar-refractivity contribution in [1.82, 2.24) is 39.7 Å². The van der Waals surface area contributed by atoms with Crippen LogP contribution in [0.2, 0.25) is 0 Å². The van der Waals surface area contributed by atoms with Crippen molar-refractivity contribution in [2.24, 2.45) is 0 Å². The van der Waals surface area contributed by atoms with Crippen LogP contribution in [-0.2, 0) is 9.84 Å². The smallest absolute Gasteiger partial charge is 0.292 e. The van der Waals surface area contributed by atoms with Crippen LogP contribution in [0.4, 0.5) is 5.82 Å². The highest BCUT2D eigenvalue weighted by atomic mass is 32.2. The number of anilines is 1. The normalized spacial score (nSPS) is 23.3. The van der Waals surface area contributed by atoms with Crippen molar-refractivity contribution < 1.29 is 13.2 Å². The first-order valence-electron chi connectivity index (χ1n) is 14.3. The Hall–Kier alpha value is -3.87. The average Bonchev–Trinajstić information content (AvgIpc) is 3.71. The number of carbonyl (C=O) groups excluding carboxylic acids is 1. The standard InChI is InChI=1S/C28H33N9O3S/c1-41(39,40)24-23(18-11-19-8-9-20(12-18)36(19)28(38)26-31-15-32-35-26)34-27-21(14-33-37(27)25(24)29)17-7-10-22(30-13-17)16-5-3-2-4-6-16/h7,10,13-16,18-20H,2-6,8-9,11-12,29H2,1H3,(H,31,32,35)/t18?,19-,20?/m1/s1. The van der Waals surface area contributed by atoms with E-state index in [-0.39, 0.29) is 40.4 Å². The summed E-state index contributed by atoms with van der Waals surface area (Å²) in [4.78, 5) is 27.6. The average molecular weight is 576 g/mol. The van der Waals surface area contributed by atoms with Crippen molar-refractivity contribution in [2.75, 3.05) is 12.0 Å². The third-order valence-corrected chi connectivity index (χ3v) is 10.3. The fourth-order valence-electron chi connectivity index (χ4n) is 7.25. The van der Waals surface area contributed by atoms with Gasteiger partial charge in [0.2, 0.25) is 5.82 Å². The molecule has 3 fully saturated rings. The summed E-state index contributed by atoms with van der Waals surface area (Å²) in [5.74, 6) is 0.405. The lowest BCUT2D eigenvalue weighted by molar-refractivity contribution is 0.0556. The number of H-pyrrole nitrogens is 1. The van der Waals surface area contributed by atoms with Crippen LogP contribution in [0.1, 0.15) is 91.6 Å². The van der Waals surface area contributed by atoms with Crippen molar-refractivity contribution >= 4 is 27.2 Å². The van der Waals surface area contributed by atoms with Gasteiger partial charge in [-0.2, -0.15) is 9.61 Å². The molecule has 3 atom stereocenters. The summed E-state index contributed by atoms with van der Waals surface area (Å²) < 4.78 is 27.6. The van der Waals surface area contributed by atoms with E-state index >= 15 is 0 Å². The first-order valence-corrected chi connectivity index (χ1v) is 16.2. The lowest BCUT2D eigenvalue weighted by atomic mass is 9.86. The number of nitrogen functional groups attached to an aromatic ring is 1. The number of aromatic nitrogens is 7. The van der Waals surface area contributed by atoms with Gasteiger partial charge in [0.15, 0.2) is 15.5 Å². The molecule has 1 aliphatic carbocycles. The predicted octanol–water partition coefficient (Wildman–Crippen LogP) is 3.49. The maximum atomic E-state index is 13.2. The van der Waals surface area contributed by atoms with E-state index in [0.717, 1.165) is 35.9 Å². The molecule has 2 saturated heterocycles. The molecule has 214 valence electrons. The number of nitrogens with two attached hydrogens (primary N) is 1. The van der Waals surface area contributed by atoms with Gasteiger partial charge in [-0.05, 0) is 44.6 Å². The number of hydrogen-bond acceptors (Lipinski definition) is 9. The highest BCUT2D eigenvalue weighted by Gasteiger charge is 2.46. The molecule has 1 amide bonds. The van der Waals surface area contributed by atoms with Gasteiger partial charge >= 0.3 is 0 Å². The quantitative estimate of drug-likeness (QED) is 0.362. The molecule has 0 spiro atoms. The number of amides is 1. The van der Waals surface area contributed by atoms with E-state index in [2.05, 4.69) is 26.3 Å². The second-order valence-electron chi connectivity index (χ2n) is 11.7. The Labute approximate surface area is 237 Å². The van der Waals surface area contributed by atoms with Crippen LogP contribution < -0.4 is 5.73 Å². The first-order chi connectivity index (χ1) is 19.8. The highest BCUT2D eigenvalue weighted by Crippen LogP contribution is 2.45. The van der Waals surface area contributed by atoms with Gasteiger partial charge in [-0.1, -0.05) is 25.3 Å². The summed E-state index contributed by atoms with van der Waals surface area (Å²) in [5.41, 5.74) is 10.2. The van der Waals surface area contributed by atoms with E-state index < -0.39 is 9.84 Å². The summed E-state index contributed by atoms with van der Waals surface area (Å²) in [6, 6.07) is 4.03. The fraction of sp³-hybridized carbons (Fsp3) is 0.500. The number of nitrogens with zero attached hydrogens (tertiary/aromatic N) is 7. The van der Waals surface area contributed by atoms with Crippen molar-refractivity contribution in [3.63, 3.8) is 0 Å². The number of pyridine rings is 1. The molecule has 0 radical (unpaired) electrons.